The summed E-state index contributed by atoms with van der Waals surface area (Å²) in [6, 6.07) is -0.747. The Bertz CT molecular complexity index is 1150. The molecular formula is C56H99NO5. The molecule has 0 aromatic carbocycles. The van der Waals surface area contributed by atoms with Gasteiger partial charge in [-0.1, -0.05) is 229 Å². The van der Waals surface area contributed by atoms with Crippen LogP contribution in [0.4, 0.5) is 0 Å². The largest absolute Gasteiger partial charge is 0.458 e. The number of rotatable bonds is 46. The zero-order chi connectivity index (χ0) is 45.2. The topological polar surface area (TPSA) is 95.9 Å². The van der Waals surface area contributed by atoms with Crippen molar-refractivity contribution in [2.24, 2.45) is 0 Å². The van der Waals surface area contributed by atoms with Crippen molar-refractivity contribution in [1.29, 1.82) is 0 Å². The van der Waals surface area contributed by atoms with Crippen molar-refractivity contribution in [2.75, 3.05) is 6.61 Å². The smallest absolute Gasteiger partial charge is 0.306 e. The van der Waals surface area contributed by atoms with Crippen LogP contribution in [0, 0.1) is 0 Å². The number of hydrogen-bond donors (Lipinski definition) is 3. The number of aliphatic hydroxyl groups excluding tert-OH is 2. The highest BCUT2D eigenvalue weighted by atomic mass is 16.5. The third kappa shape index (κ3) is 43.9. The summed E-state index contributed by atoms with van der Waals surface area (Å²) in [5, 5.41) is 23.7. The molecule has 358 valence electrons. The summed E-state index contributed by atoms with van der Waals surface area (Å²) in [7, 11) is 0. The average molecular weight is 866 g/mol. The number of carbonyl (C=O) groups excluding carboxylic acids is 2. The molecule has 6 nitrogen and oxygen atoms in total. The first-order valence-electron chi connectivity index (χ1n) is 26.2. The Morgan fingerprint density at radius 3 is 1.35 bits per heavy atom. The number of aliphatic hydroxyl groups is 2. The van der Waals surface area contributed by atoms with E-state index in [0.29, 0.717) is 19.3 Å². The minimum absolute atomic E-state index is 0.0535. The minimum Gasteiger partial charge on any atom is -0.458 e. The zero-order valence-corrected chi connectivity index (χ0v) is 40.7. The molecule has 0 aliphatic rings. The van der Waals surface area contributed by atoms with Crippen LogP contribution in [0.5, 0.6) is 0 Å². The summed E-state index contributed by atoms with van der Waals surface area (Å²) in [5.74, 6) is -0.647. The molecule has 0 aliphatic carbocycles. The van der Waals surface area contributed by atoms with E-state index in [4.69, 9.17) is 4.74 Å². The number of amides is 1. The van der Waals surface area contributed by atoms with E-state index >= 15 is 0 Å². The van der Waals surface area contributed by atoms with Crippen molar-refractivity contribution in [3.63, 3.8) is 0 Å². The first-order chi connectivity index (χ1) is 30.5. The van der Waals surface area contributed by atoms with E-state index < -0.39 is 18.2 Å². The molecule has 3 unspecified atom stereocenters. The summed E-state index contributed by atoms with van der Waals surface area (Å²) in [5.41, 5.74) is 0. The molecule has 0 heterocycles. The van der Waals surface area contributed by atoms with Crippen LogP contribution in [0.15, 0.2) is 72.9 Å². The van der Waals surface area contributed by atoms with Crippen molar-refractivity contribution in [3.05, 3.63) is 72.9 Å². The average Bonchev–Trinajstić information content (AvgIpc) is 3.26. The van der Waals surface area contributed by atoms with E-state index in [1.165, 1.54) is 122 Å². The summed E-state index contributed by atoms with van der Waals surface area (Å²) < 4.78 is 5.81. The number of allylic oxidation sites excluding steroid dienone is 11. The lowest BCUT2D eigenvalue weighted by molar-refractivity contribution is -0.148. The van der Waals surface area contributed by atoms with Crippen LogP contribution in [0.1, 0.15) is 245 Å². The van der Waals surface area contributed by atoms with E-state index in [1.54, 1.807) is 6.08 Å². The van der Waals surface area contributed by atoms with Gasteiger partial charge in [0.05, 0.1) is 25.2 Å². The summed E-state index contributed by atoms with van der Waals surface area (Å²) in [6.07, 6.45) is 62.8. The number of unbranched alkanes of at least 4 members (excludes halogenated alkanes) is 24. The van der Waals surface area contributed by atoms with Crippen LogP contribution in [-0.4, -0.2) is 46.9 Å². The molecule has 6 heteroatoms. The highest BCUT2D eigenvalue weighted by Gasteiger charge is 2.23. The van der Waals surface area contributed by atoms with Gasteiger partial charge in [-0.2, -0.15) is 0 Å². The fourth-order valence-corrected chi connectivity index (χ4v) is 7.56. The predicted molar refractivity (Wildman–Crippen MR) is 268 cm³/mol. The Hall–Kier alpha value is -2.70. The maximum Gasteiger partial charge on any atom is 0.306 e. The third-order valence-electron chi connectivity index (χ3n) is 11.5. The Balaban J connectivity index is 4.70. The molecule has 0 radical (unpaired) electrons. The quantitative estimate of drug-likeness (QED) is 0.0322. The molecule has 0 rings (SSSR count). The molecule has 0 spiro atoms. The SMILES string of the molecule is CC/C=C/C/C=C/C/C=C/C/C=C/C/C=C/C(CC(=O)NC(CO)C(O)CCCCCCCCCCCCCCCCCC)OC(=O)CCCCC/C=C\CCCCCCCC. The standard InChI is InChI=1S/C56H99NO5/c1-4-7-10-13-16-19-22-25-27-28-31-33-36-39-42-45-48-54(59)53(51-58)57-55(60)50-52(47-44-41-38-35-32-30-26-23-20-17-14-11-8-5-2)62-56(61)49-46-43-40-37-34-29-24-21-18-15-12-9-6-3/h8,11,17,20,26,29-30,34-35,38,44,47,52-54,58-59H,4-7,9-10,12-16,18-19,21-25,27-28,31-33,36-37,39-43,45-46,48-51H2,1-3H3,(H,57,60)/b11-8+,20-17+,30-26+,34-29-,38-35+,47-44+. The van der Waals surface area contributed by atoms with Crippen molar-refractivity contribution < 1.29 is 24.5 Å². The van der Waals surface area contributed by atoms with Crippen molar-refractivity contribution in [2.45, 2.75) is 264 Å². The Labute approximate surface area is 383 Å². The van der Waals surface area contributed by atoms with Gasteiger partial charge < -0.3 is 20.3 Å². The third-order valence-corrected chi connectivity index (χ3v) is 11.5. The van der Waals surface area contributed by atoms with Crippen molar-refractivity contribution in [1.82, 2.24) is 5.32 Å². The van der Waals surface area contributed by atoms with Gasteiger partial charge in [0, 0.05) is 6.42 Å². The molecule has 0 saturated carbocycles. The Kier molecular flexibility index (Phi) is 47.2. The monoisotopic (exact) mass is 866 g/mol. The predicted octanol–water partition coefficient (Wildman–Crippen LogP) is 15.8. The van der Waals surface area contributed by atoms with Crippen molar-refractivity contribution in [3.8, 4) is 0 Å². The van der Waals surface area contributed by atoms with E-state index in [-0.39, 0.29) is 24.9 Å². The van der Waals surface area contributed by atoms with Gasteiger partial charge in [0.25, 0.3) is 0 Å². The minimum atomic E-state index is -0.823. The van der Waals surface area contributed by atoms with Crippen LogP contribution >= 0.6 is 0 Å². The van der Waals surface area contributed by atoms with E-state index in [0.717, 1.165) is 77.0 Å². The summed E-state index contributed by atoms with van der Waals surface area (Å²) >= 11 is 0. The second kappa shape index (κ2) is 49.3. The van der Waals surface area contributed by atoms with Crippen LogP contribution in [0.2, 0.25) is 0 Å². The molecule has 0 aromatic heterocycles. The first kappa shape index (κ1) is 59.3. The zero-order valence-electron chi connectivity index (χ0n) is 40.7. The molecule has 0 aromatic rings. The summed E-state index contributed by atoms with van der Waals surface area (Å²) in [4.78, 5) is 26.1. The first-order valence-corrected chi connectivity index (χ1v) is 26.2. The van der Waals surface area contributed by atoms with E-state index in [1.807, 2.05) is 6.08 Å². The van der Waals surface area contributed by atoms with Gasteiger partial charge in [-0.25, -0.2) is 0 Å². The van der Waals surface area contributed by atoms with Crippen molar-refractivity contribution >= 4 is 11.9 Å². The second-order valence-corrected chi connectivity index (χ2v) is 17.5. The lowest BCUT2D eigenvalue weighted by Crippen LogP contribution is -2.46. The normalized spacial score (nSPS) is 13.8. The molecule has 0 aliphatic heterocycles. The molecule has 62 heavy (non-hydrogen) atoms. The van der Waals surface area contributed by atoms with Gasteiger partial charge in [0.1, 0.15) is 6.10 Å². The number of carbonyl (C=O) groups is 2. The van der Waals surface area contributed by atoms with Crippen LogP contribution in [0.3, 0.4) is 0 Å². The van der Waals surface area contributed by atoms with Crippen LogP contribution in [-0.2, 0) is 14.3 Å². The molecular weight excluding hydrogens is 767 g/mol. The maximum absolute atomic E-state index is 13.2. The summed E-state index contributed by atoms with van der Waals surface area (Å²) in [6.45, 7) is 6.33. The van der Waals surface area contributed by atoms with E-state index in [2.05, 4.69) is 86.8 Å². The van der Waals surface area contributed by atoms with E-state index in [9.17, 15) is 19.8 Å². The van der Waals surface area contributed by atoms with Gasteiger partial charge in [-0.15, -0.1) is 0 Å². The maximum atomic E-state index is 13.2. The lowest BCUT2D eigenvalue weighted by atomic mass is 10.0. The lowest BCUT2D eigenvalue weighted by Gasteiger charge is -2.23. The fourth-order valence-electron chi connectivity index (χ4n) is 7.56. The van der Waals surface area contributed by atoms with Gasteiger partial charge in [-0.3, -0.25) is 9.59 Å². The van der Waals surface area contributed by atoms with Crippen LogP contribution in [0.25, 0.3) is 0 Å². The molecule has 1 amide bonds. The Morgan fingerprint density at radius 1 is 0.500 bits per heavy atom. The molecule has 3 N–H and O–H groups in total. The number of ether oxygens (including phenoxy) is 1. The number of esters is 1. The highest BCUT2D eigenvalue weighted by Crippen LogP contribution is 2.16. The molecule has 0 saturated heterocycles. The Morgan fingerprint density at radius 2 is 0.903 bits per heavy atom. The molecule has 0 fully saturated rings. The molecule has 0 bridgehead atoms. The second-order valence-electron chi connectivity index (χ2n) is 17.5. The number of nitrogens with one attached hydrogen (secondary N) is 1. The highest BCUT2D eigenvalue weighted by molar-refractivity contribution is 5.78. The van der Waals surface area contributed by atoms with Crippen LogP contribution < -0.4 is 5.32 Å². The molecule has 3 atom stereocenters. The van der Waals surface area contributed by atoms with Gasteiger partial charge in [-0.05, 0) is 76.7 Å². The van der Waals surface area contributed by atoms with Gasteiger partial charge in [0.2, 0.25) is 5.91 Å². The van der Waals surface area contributed by atoms with Gasteiger partial charge in [0.15, 0.2) is 0 Å². The number of hydrogen-bond acceptors (Lipinski definition) is 5. The van der Waals surface area contributed by atoms with Gasteiger partial charge >= 0.3 is 5.97 Å². The fraction of sp³-hybridized carbons (Fsp3) is 0.750.